The van der Waals surface area contributed by atoms with Gasteiger partial charge >= 0.3 is 5.97 Å². The molecular weight excluding hydrogens is 314 g/mol. The maximum Gasteiger partial charge on any atom is 0.320 e. The van der Waals surface area contributed by atoms with Crippen LogP contribution in [0.3, 0.4) is 0 Å². The van der Waals surface area contributed by atoms with E-state index in [2.05, 4.69) is 30.3 Å². The van der Waals surface area contributed by atoms with E-state index in [4.69, 9.17) is 0 Å². The lowest BCUT2D eigenvalue weighted by atomic mass is 9.86. The number of rotatable bonds is 2. The van der Waals surface area contributed by atoms with Crippen molar-refractivity contribution >= 4 is 11.8 Å². The lowest BCUT2D eigenvalue weighted by Crippen LogP contribution is -2.49. The van der Waals surface area contributed by atoms with Gasteiger partial charge in [0.25, 0.3) is 0 Å². The third kappa shape index (κ3) is 2.87. The van der Waals surface area contributed by atoms with Gasteiger partial charge in [-0.3, -0.25) is 14.5 Å². The third-order valence-corrected chi connectivity index (χ3v) is 5.40. The molecule has 1 N–H and O–H groups in total. The van der Waals surface area contributed by atoms with Gasteiger partial charge in [-0.2, -0.15) is 0 Å². The number of carboxylic acids is 1. The monoisotopic (exact) mass is 335 g/mol. The number of benzene rings is 2. The summed E-state index contributed by atoms with van der Waals surface area (Å²) in [5, 5.41) is 9.58. The predicted octanol–water partition coefficient (Wildman–Crippen LogP) is 3.46. The zero-order valence-electron chi connectivity index (χ0n) is 14.0. The van der Waals surface area contributed by atoms with Crippen LogP contribution in [0.4, 0.5) is 0 Å². The number of hydrogen-bond donors (Lipinski definition) is 1. The second-order valence-electron chi connectivity index (χ2n) is 6.88. The number of carbonyl (C=O) groups is 2. The molecule has 0 spiro atoms. The molecule has 1 fully saturated rings. The lowest BCUT2D eigenvalue weighted by molar-refractivity contribution is -0.149. The van der Waals surface area contributed by atoms with E-state index in [1.165, 1.54) is 5.56 Å². The zero-order chi connectivity index (χ0) is 17.4. The largest absolute Gasteiger partial charge is 0.480 e. The number of nitrogens with zero attached hydrogens (tertiary/aromatic N) is 1. The van der Waals surface area contributed by atoms with Crippen LogP contribution in [-0.4, -0.2) is 34.3 Å². The van der Waals surface area contributed by atoms with Crippen LogP contribution in [0.1, 0.15) is 36.4 Å². The molecule has 2 heterocycles. The summed E-state index contributed by atoms with van der Waals surface area (Å²) in [5.74, 6) is -0.675. The van der Waals surface area contributed by atoms with Gasteiger partial charge in [-0.15, -0.1) is 0 Å². The number of carboxylic acid groups (broad SMARTS) is 1. The van der Waals surface area contributed by atoms with E-state index in [1.807, 2.05) is 23.1 Å². The highest BCUT2D eigenvalue weighted by molar-refractivity contribution is 5.89. The highest BCUT2D eigenvalue weighted by atomic mass is 16.4. The number of ketones is 1. The van der Waals surface area contributed by atoms with Crippen LogP contribution in [0.25, 0.3) is 11.1 Å². The Morgan fingerprint density at radius 1 is 1.04 bits per heavy atom. The number of Topliss-reactive ketones (excluding diaryl/α,β-unsaturated/α-hetero) is 1. The molecular formula is C21H21NO3. The number of aryl methyl sites for hydroxylation is 1. The average molecular weight is 335 g/mol. The third-order valence-electron chi connectivity index (χ3n) is 5.40. The summed E-state index contributed by atoms with van der Waals surface area (Å²) in [6.07, 6.45) is 2.52. The van der Waals surface area contributed by atoms with E-state index < -0.39 is 18.1 Å². The maximum absolute atomic E-state index is 12.7. The molecule has 0 radical (unpaired) electrons. The van der Waals surface area contributed by atoms with Gasteiger partial charge in [0.1, 0.15) is 6.04 Å². The molecule has 128 valence electrons. The van der Waals surface area contributed by atoms with Crippen molar-refractivity contribution in [3.8, 4) is 11.1 Å². The average Bonchev–Trinajstić information content (AvgIpc) is 2.82. The first kappa shape index (κ1) is 16.0. The molecule has 0 aromatic heterocycles. The Labute approximate surface area is 147 Å². The summed E-state index contributed by atoms with van der Waals surface area (Å²) in [4.78, 5) is 26.3. The minimum atomic E-state index is -0.819. The van der Waals surface area contributed by atoms with Crippen molar-refractivity contribution in [2.75, 3.05) is 6.54 Å². The number of carbonyl (C=O) groups excluding carboxylic acids is 1. The molecule has 2 atom stereocenters. The Morgan fingerprint density at radius 3 is 2.60 bits per heavy atom. The van der Waals surface area contributed by atoms with E-state index in [1.54, 1.807) is 0 Å². The lowest BCUT2D eigenvalue weighted by Gasteiger charge is -2.38. The Morgan fingerprint density at radius 2 is 1.84 bits per heavy atom. The summed E-state index contributed by atoms with van der Waals surface area (Å²) < 4.78 is 0. The minimum absolute atomic E-state index is 0.144. The molecule has 4 nitrogen and oxygen atoms in total. The molecule has 1 saturated heterocycles. The van der Waals surface area contributed by atoms with Crippen LogP contribution in [0.15, 0.2) is 48.5 Å². The fraction of sp³-hybridized carbons (Fsp3) is 0.333. The summed E-state index contributed by atoms with van der Waals surface area (Å²) in [5.41, 5.74) is 4.35. The molecule has 4 heteroatoms. The van der Waals surface area contributed by atoms with Gasteiger partial charge in [0.05, 0.1) is 6.04 Å². The van der Waals surface area contributed by atoms with Gasteiger partial charge < -0.3 is 5.11 Å². The molecule has 2 aliphatic rings. The van der Waals surface area contributed by atoms with Gasteiger partial charge in [0, 0.05) is 13.0 Å². The Hall–Kier alpha value is -2.46. The molecule has 2 aliphatic heterocycles. The molecule has 2 unspecified atom stereocenters. The molecule has 0 saturated carbocycles. The van der Waals surface area contributed by atoms with Crippen molar-refractivity contribution in [3.63, 3.8) is 0 Å². The van der Waals surface area contributed by atoms with E-state index in [0.29, 0.717) is 19.4 Å². The van der Waals surface area contributed by atoms with E-state index in [9.17, 15) is 14.7 Å². The fourth-order valence-corrected chi connectivity index (χ4v) is 4.19. The molecule has 2 aromatic rings. The summed E-state index contributed by atoms with van der Waals surface area (Å²) in [7, 11) is 0. The number of aliphatic carboxylic acids is 1. The first-order valence-corrected chi connectivity index (χ1v) is 8.84. The second kappa shape index (κ2) is 6.45. The molecule has 0 amide bonds. The highest BCUT2D eigenvalue weighted by Gasteiger charge is 2.42. The van der Waals surface area contributed by atoms with Crippen LogP contribution >= 0.6 is 0 Å². The highest BCUT2D eigenvalue weighted by Crippen LogP contribution is 2.38. The Bertz CT molecular complexity index is 815. The Kier molecular flexibility index (Phi) is 4.14. The van der Waals surface area contributed by atoms with Crippen LogP contribution in [0, 0.1) is 0 Å². The summed E-state index contributed by atoms with van der Waals surface area (Å²) in [6, 6.07) is 15.4. The van der Waals surface area contributed by atoms with Gasteiger partial charge in [0.15, 0.2) is 5.78 Å². The topological polar surface area (TPSA) is 57.6 Å². The smallest absolute Gasteiger partial charge is 0.320 e. The van der Waals surface area contributed by atoms with Crippen LogP contribution in [0.5, 0.6) is 0 Å². The molecule has 25 heavy (non-hydrogen) atoms. The van der Waals surface area contributed by atoms with Gasteiger partial charge in [-0.05, 0) is 47.6 Å². The van der Waals surface area contributed by atoms with Crippen molar-refractivity contribution in [1.82, 2.24) is 4.90 Å². The summed E-state index contributed by atoms with van der Waals surface area (Å²) >= 11 is 0. The number of piperidine rings is 1. The van der Waals surface area contributed by atoms with Crippen molar-refractivity contribution in [2.45, 2.75) is 37.8 Å². The minimum Gasteiger partial charge on any atom is -0.480 e. The van der Waals surface area contributed by atoms with Crippen LogP contribution in [-0.2, 0) is 16.0 Å². The molecule has 4 rings (SSSR count). The van der Waals surface area contributed by atoms with Crippen molar-refractivity contribution < 1.29 is 14.7 Å². The molecule has 2 aromatic carbocycles. The number of fused-ring (bicyclic) bond motifs is 3. The van der Waals surface area contributed by atoms with E-state index >= 15 is 0 Å². The van der Waals surface area contributed by atoms with Crippen molar-refractivity contribution in [3.05, 3.63) is 59.7 Å². The first-order chi connectivity index (χ1) is 12.1. The van der Waals surface area contributed by atoms with Crippen LogP contribution in [0.2, 0.25) is 0 Å². The van der Waals surface area contributed by atoms with Gasteiger partial charge in [-0.25, -0.2) is 0 Å². The zero-order valence-corrected chi connectivity index (χ0v) is 14.0. The first-order valence-electron chi connectivity index (χ1n) is 8.84. The fourth-order valence-electron chi connectivity index (χ4n) is 4.19. The standard InChI is InChI=1S/C21H21NO3/c23-19-11-10-18(21(24)25)22-12-4-7-15-8-9-16(13-17(15)20(19)22)14-5-2-1-3-6-14/h1-3,5-6,8-9,13,18,20H,4,7,10-12H2,(H,24,25). The predicted molar refractivity (Wildman–Crippen MR) is 95.3 cm³/mol. The van der Waals surface area contributed by atoms with Gasteiger partial charge in [-0.1, -0.05) is 42.5 Å². The van der Waals surface area contributed by atoms with Gasteiger partial charge in [0.2, 0.25) is 0 Å². The second-order valence-corrected chi connectivity index (χ2v) is 6.88. The number of hydrogen-bond acceptors (Lipinski definition) is 3. The van der Waals surface area contributed by atoms with Crippen molar-refractivity contribution in [2.24, 2.45) is 0 Å². The quantitative estimate of drug-likeness (QED) is 0.913. The van der Waals surface area contributed by atoms with Crippen molar-refractivity contribution in [1.29, 1.82) is 0 Å². The normalized spacial score (nSPS) is 23.4. The summed E-state index contributed by atoms with van der Waals surface area (Å²) in [6.45, 7) is 0.655. The maximum atomic E-state index is 12.7. The van der Waals surface area contributed by atoms with E-state index in [0.717, 1.165) is 29.5 Å². The van der Waals surface area contributed by atoms with E-state index in [-0.39, 0.29) is 5.78 Å². The van der Waals surface area contributed by atoms with Crippen LogP contribution < -0.4 is 0 Å². The molecule has 0 aliphatic carbocycles. The Balaban J connectivity index is 1.81. The molecule has 0 bridgehead atoms. The SMILES string of the molecule is O=C(O)C1CCC(=O)C2c3cc(-c4ccccc4)ccc3CCCN12.